The predicted octanol–water partition coefficient (Wildman–Crippen LogP) is 1.87. The van der Waals surface area contributed by atoms with E-state index < -0.39 is 0 Å². The lowest BCUT2D eigenvalue weighted by Gasteiger charge is -2.21. The molecule has 0 amide bonds. The molecule has 0 saturated carbocycles. The summed E-state index contributed by atoms with van der Waals surface area (Å²) in [6.07, 6.45) is 3.10. The molecular formula is C19H32N4O2. The van der Waals surface area contributed by atoms with Crippen LogP contribution in [0.2, 0.25) is 0 Å². The zero-order valence-electron chi connectivity index (χ0n) is 15.8. The zero-order chi connectivity index (χ0) is 18.1. The number of ether oxygens (including phenoxy) is 1. The van der Waals surface area contributed by atoms with Gasteiger partial charge in [0.05, 0.1) is 6.61 Å². The van der Waals surface area contributed by atoms with Crippen LogP contribution in [0.5, 0.6) is 0 Å². The summed E-state index contributed by atoms with van der Waals surface area (Å²) in [5.74, 6) is 1.61. The second-order valence-corrected chi connectivity index (χ2v) is 6.66. The maximum Gasteiger partial charge on any atom is 0.250 e. The molecule has 6 nitrogen and oxygen atoms in total. The number of methoxy groups -OCH3 is 1. The first-order valence-electron chi connectivity index (χ1n) is 9.34. The maximum atomic E-state index is 11.9. The van der Waals surface area contributed by atoms with E-state index in [-0.39, 0.29) is 5.56 Å². The van der Waals surface area contributed by atoms with Gasteiger partial charge in [-0.3, -0.25) is 9.79 Å². The van der Waals surface area contributed by atoms with Crippen LogP contribution in [-0.4, -0.2) is 55.3 Å². The Labute approximate surface area is 150 Å². The minimum absolute atomic E-state index is 0.0816. The van der Waals surface area contributed by atoms with E-state index in [2.05, 4.69) is 17.1 Å². The van der Waals surface area contributed by atoms with E-state index in [4.69, 9.17) is 9.73 Å². The second-order valence-electron chi connectivity index (χ2n) is 6.66. The predicted molar refractivity (Wildman–Crippen MR) is 102 cm³/mol. The summed E-state index contributed by atoms with van der Waals surface area (Å²) in [6, 6.07) is 5.42. The van der Waals surface area contributed by atoms with Gasteiger partial charge in [0.2, 0.25) is 0 Å². The number of aromatic nitrogens is 1. The highest BCUT2D eigenvalue weighted by atomic mass is 16.5. The Hall–Kier alpha value is -1.82. The van der Waals surface area contributed by atoms with Gasteiger partial charge in [0.25, 0.3) is 5.56 Å². The van der Waals surface area contributed by atoms with Gasteiger partial charge in [-0.15, -0.1) is 0 Å². The Balaban J connectivity index is 1.80. The maximum absolute atomic E-state index is 11.9. The molecule has 1 N–H and O–H groups in total. The molecular weight excluding hydrogens is 316 g/mol. The van der Waals surface area contributed by atoms with Crippen LogP contribution in [-0.2, 0) is 11.3 Å². The molecule has 0 aromatic carbocycles. The fourth-order valence-corrected chi connectivity index (χ4v) is 3.30. The largest absolute Gasteiger partial charge is 0.384 e. The lowest BCUT2D eigenvalue weighted by atomic mass is 10.1. The van der Waals surface area contributed by atoms with E-state index in [1.807, 2.05) is 23.6 Å². The number of pyridine rings is 1. The first-order chi connectivity index (χ1) is 12.2. The van der Waals surface area contributed by atoms with Crippen molar-refractivity contribution < 1.29 is 4.74 Å². The minimum Gasteiger partial charge on any atom is -0.384 e. The van der Waals surface area contributed by atoms with Crippen molar-refractivity contribution in [3.05, 3.63) is 34.2 Å². The Kier molecular flexibility index (Phi) is 7.98. The average Bonchev–Trinajstić information content (AvgIpc) is 3.05. The summed E-state index contributed by atoms with van der Waals surface area (Å²) in [4.78, 5) is 19.0. The quantitative estimate of drug-likeness (QED) is 0.443. The smallest absolute Gasteiger partial charge is 0.250 e. The standard InChI is InChI=1S/C19H32N4O2/c1-4-20-19(22-13-10-17(14-22)15-25-3)21-11-5-6-12-23-16(2)8-7-9-18(23)24/h7-9,17H,4-6,10-15H2,1-3H3,(H,20,21). The topological polar surface area (TPSA) is 58.9 Å². The Morgan fingerprint density at radius 2 is 2.24 bits per heavy atom. The van der Waals surface area contributed by atoms with E-state index in [0.29, 0.717) is 5.92 Å². The third-order valence-electron chi connectivity index (χ3n) is 4.64. The molecule has 1 unspecified atom stereocenters. The summed E-state index contributed by atoms with van der Waals surface area (Å²) < 4.78 is 7.11. The molecule has 1 atom stereocenters. The van der Waals surface area contributed by atoms with Crippen molar-refractivity contribution in [2.24, 2.45) is 10.9 Å². The third-order valence-corrected chi connectivity index (χ3v) is 4.64. The van der Waals surface area contributed by atoms with E-state index in [1.54, 1.807) is 13.2 Å². The number of guanidine groups is 1. The van der Waals surface area contributed by atoms with Crippen LogP contribution in [0.1, 0.15) is 31.9 Å². The summed E-state index contributed by atoms with van der Waals surface area (Å²) in [5, 5.41) is 3.39. The van der Waals surface area contributed by atoms with Crippen LogP contribution >= 0.6 is 0 Å². The number of aryl methyl sites for hydroxylation is 1. The molecule has 0 radical (unpaired) electrons. The van der Waals surface area contributed by atoms with Gasteiger partial charge in [-0.1, -0.05) is 6.07 Å². The lowest BCUT2D eigenvalue weighted by Crippen LogP contribution is -2.40. The molecule has 0 aliphatic carbocycles. The van der Waals surface area contributed by atoms with Crippen molar-refractivity contribution in [1.29, 1.82) is 0 Å². The SMILES string of the molecule is CCNC(=NCCCCn1c(C)cccc1=O)N1CCC(COC)C1. The van der Waals surface area contributed by atoms with Gasteiger partial charge in [-0.2, -0.15) is 0 Å². The van der Waals surface area contributed by atoms with Gasteiger partial charge in [-0.05, 0) is 39.2 Å². The first-order valence-corrected chi connectivity index (χ1v) is 9.34. The summed E-state index contributed by atoms with van der Waals surface area (Å²) in [6.45, 7) is 9.38. The molecule has 1 saturated heterocycles. The van der Waals surface area contributed by atoms with E-state index >= 15 is 0 Å². The monoisotopic (exact) mass is 348 g/mol. The van der Waals surface area contributed by atoms with Crippen LogP contribution in [0.15, 0.2) is 28.0 Å². The Bertz CT molecular complexity index is 612. The molecule has 0 bridgehead atoms. The molecule has 1 aromatic heterocycles. The van der Waals surface area contributed by atoms with Gasteiger partial charge in [0.1, 0.15) is 0 Å². The number of nitrogens with one attached hydrogen (secondary N) is 1. The molecule has 2 heterocycles. The number of hydrogen-bond acceptors (Lipinski definition) is 3. The number of likely N-dealkylation sites (tertiary alicyclic amines) is 1. The fourth-order valence-electron chi connectivity index (χ4n) is 3.30. The Morgan fingerprint density at radius 1 is 1.40 bits per heavy atom. The summed E-state index contributed by atoms with van der Waals surface area (Å²) in [7, 11) is 1.77. The first kappa shape index (κ1) is 19.5. The fraction of sp³-hybridized carbons (Fsp3) is 0.684. The van der Waals surface area contributed by atoms with Crippen LogP contribution in [0.3, 0.4) is 0 Å². The highest BCUT2D eigenvalue weighted by Crippen LogP contribution is 2.16. The molecule has 1 aliphatic heterocycles. The average molecular weight is 348 g/mol. The molecule has 2 rings (SSSR count). The molecule has 1 fully saturated rings. The number of unbranched alkanes of at least 4 members (excludes halogenated alkanes) is 1. The van der Waals surface area contributed by atoms with Crippen molar-refractivity contribution in [3.63, 3.8) is 0 Å². The molecule has 1 aliphatic rings. The van der Waals surface area contributed by atoms with Crippen LogP contribution in [0, 0.1) is 12.8 Å². The van der Waals surface area contributed by atoms with Gasteiger partial charge < -0.3 is 19.5 Å². The lowest BCUT2D eigenvalue weighted by molar-refractivity contribution is 0.157. The molecule has 1 aromatic rings. The number of hydrogen-bond donors (Lipinski definition) is 1. The van der Waals surface area contributed by atoms with Crippen molar-refractivity contribution in [2.75, 3.05) is 39.9 Å². The molecule has 6 heteroatoms. The third kappa shape index (κ3) is 5.88. The van der Waals surface area contributed by atoms with Crippen molar-refractivity contribution >= 4 is 5.96 Å². The highest BCUT2D eigenvalue weighted by molar-refractivity contribution is 5.80. The van der Waals surface area contributed by atoms with Crippen molar-refractivity contribution in [2.45, 2.75) is 39.7 Å². The van der Waals surface area contributed by atoms with Gasteiger partial charge in [-0.25, -0.2) is 0 Å². The van der Waals surface area contributed by atoms with Crippen molar-refractivity contribution in [1.82, 2.24) is 14.8 Å². The van der Waals surface area contributed by atoms with E-state index in [1.165, 1.54) is 0 Å². The van der Waals surface area contributed by atoms with Crippen LogP contribution in [0.25, 0.3) is 0 Å². The van der Waals surface area contributed by atoms with Crippen LogP contribution in [0.4, 0.5) is 0 Å². The van der Waals surface area contributed by atoms with E-state index in [9.17, 15) is 4.79 Å². The van der Waals surface area contributed by atoms with Gasteiger partial charge in [0.15, 0.2) is 5.96 Å². The number of rotatable bonds is 8. The molecule has 140 valence electrons. The number of nitrogens with zero attached hydrogens (tertiary/aromatic N) is 3. The van der Waals surface area contributed by atoms with Gasteiger partial charge in [0, 0.05) is 57.5 Å². The normalized spacial score (nSPS) is 18.0. The summed E-state index contributed by atoms with van der Waals surface area (Å²) in [5.41, 5.74) is 1.10. The molecule has 25 heavy (non-hydrogen) atoms. The Morgan fingerprint density at radius 3 is 2.96 bits per heavy atom. The van der Waals surface area contributed by atoms with Crippen molar-refractivity contribution in [3.8, 4) is 0 Å². The van der Waals surface area contributed by atoms with E-state index in [0.717, 1.165) is 70.2 Å². The second kappa shape index (κ2) is 10.2. The highest BCUT2D eigenvalue weighted by Gasteiger charge is 2.24. The van der Waals surface area contributed by atoms with Crippen LogP contribution < -0.4 is 10.9 Å². The molecule has 0 spiro atoms. The number of aliphatic imine (C=N–C) groups is 1. The zero-order valence-corrected chi connectivity index (χ0v) is 15.8. The summed E-state index contributed by atoms with van der Waals surface area (Å²) >= 11 is 0. The van der Waals surface area contributed by atoms with Gasteiger partial charge >= 0.3 is 0 Å². The minimum atomic E-state index is 0.0816.